The molecule has 2 aromatic rings. The van der Waals surface area contributed by atoms with Crippen LogP contribution in [0.5, 0.6) is 0 Å². The largest absolute Gasteiger partial charge is 0.287 e. The first-order chi connectivity index (χ1) is 7.61. The SMILES string of the molecule is Cn1ncc(Cl)c1C(=O)c1ccccc1Cl. The third kappa shape index (κ3) is 1.84. The summed E-state index contributed by atoms with van der Waals surface area (Å²) in [7, 11) is 1.66. The van der Waals surface area contributed by atoms with E-state index in [0.29, 0.717) is 21.3 Å². The molecule has 0 atom stereocenters. The molecule has 0 fully saturated rings. The van der Waals surface area contributed by atoms with Crippen LogP contribution in [0.4, 0.5) is 0 Å². The fourth-order valence-corrected chi connectivity index (χ4v) is 1.91. The van der Waals surface area contributed by atoms with E-state index in [4.69, 9.17) is 23.2 Å². The van der Waals surface area contributed by atoms with Crippen molar-refractivity contribution in [2.45, 2.75) is 0 Å². The van der Waals surface area contributed by atoms with Crippen molar-refractivity contribution in [2.24, 2.45) is 7.05 Å². The van der Waals surface area contributed by atoms with E-state index in [1.165, 1.54) is 10.9 Å². The first-order valence-electron chi connectivity index (χ1n) is 4.58. The van der Waals surface area contributed by atoms with E-state index in [2.05, 4.69) is 5.10 Å². The van der Waals surface area contributed by atoms with Gasteiger partial charge in [-0.25, -0.2) is 0 Å². The highest BCUT2D eigenvalue weighted by Gasteiger charge is 2.19. The third-order valence-corrected chi connectivity index (χ3v) is 2.83. The maximum Gasteiger partial charge on any atom is 0.214 e. The maximum atomic E-state index is 12.1. The quantitative estimate of drug-likeness (QED) is 0.773. The van der Waals surface area contributed by atoms with Crippen molar-refractivity contribution in [2.75, 3.05) is 0 Å². The van der Waals surface area contributed by atoms with E-state index in [9.17, 15) is 4.79 Å². The minimum Gasteiger partial charge on any atom is -0.287 e. The molecule has 0 radical (unpaired) electrons. The summed E-state index contributed by atoms with van der Waals surface area (Å²) in [6.45, 7) is 0. The van der Waals surface area contributed by atoms with Crippen LogP contribution in [0.2, 0.25) is 10.0 Å². The molecule has 2 rings (SSSR count). The Morgan fingerprint density at radius 3 is 2.50 bits per heavy atom. The van der Waals surface area contributed by atoms with E-state index >= 15 is 0 Å². The van der Waals surface area contributed by atoms with E-state index in [1.54, 1.807) is 31.3 Å². The lowest BCUT2D eigenvalue weighted by molar-refractivity contribution is 0.103. The zero-order valence-electron chi connectivity index (χ0n) is 8.45. The zero-order valence-corrected chi connectivity index (χ0v) is 9.96. The van der Waals surface area contributed by atoms with Gasteiger partial charge in [0.05, 0.1) is 16.2 Å². The summed E-state index contributed by atoms with van der Waals surface area (Å²) < 4.78 is 1.44. The Morgan fingerprint density at radius 2 is 1.94 bits per heavy atom. The first-order valence-corrected chi connectivity index (χ1v) is 5.33. The number of aromatic nitrogens is 2. The van der Waals surface area contributed by atoms with Crippen molar-refractivity contribution >= 4 is 29.0 Å². The molecule has 1 heterocycles. The van der Waals surface area contributed by atoms with Crippen LogP contribution in [0.1, 0.15) is 16.1 Å². The molecule has 0 aliphatic heterocycles. The number of aryl methyl sites for hydroxylation is 1. The van der Waals surface area contributed by atoms with Crippen LogP contribution >= 0.6 is 23.2 Å². The normalized spacial score (nSPS) is 10.4. The number of carbonyl (C=O) groups is 1. The average molecular weight is 255 g/mol. The highest BCUT2D eigenvalue weighted by atomic mass is 35.5. The van der Waals surface area contributed by atoms with Gasteiger partial charge in [0, 0.05) is 12.6 Å². The Morgan fingerprint density at radius 1 is 1.25 bits per heavy atom. The van der Waals surface area contributed by atoms with Crippen molar-refractivity contribution in [1.82, 2.24) is 9.78 Å². The Bertz CT molecular complexity index is 529. The summed E-state index contributed by atoms with van der Waals surface area (Å²) in [5.74, 6) is -0.226. The standard InChI is InChI=1S/C11H8Cl2N2O/c1-15-10(9(13)6-14-15)11(16)7-4-2-3-5-8(7)12/h2-6H,1H3. The number of carbonyl (C=O) groups excluding carboxylic acids is 1. The van der Waals surface area contributed by atoms with Gasteiger partial charge in [0.15, 0.2) is 0 Å². The molecule has 3 nitrogen and oxygen atoms in total. The summed E-state index contributed by atoms with van der Waals surface area (Å²) >= 11 is 11.8. The highest BCUT2D eigenvalue weighted by Crippen LogP contribution is 2.22. The lowest BCUT2D eigenvalue weighted by Crippen LogP contribution is -2.09. The minimum atomic E-state index is -0.226. The van der Waals surface area contributed by atoms with Crippen LogP contribution in [0, 0.1) is 0 Å². The molecule has 5 heteroatoms. The van der Waals surface area contributed by atoms with E-state index < -0.39 is 0 Å². The molecule has 0 saturated heterocycles. The van der Waals surface area contributed by atoms with Crippen molar-refractivity contribution < 1.29 is 4.79 Å². The fraction of sp³-hybridized carbons (Fsp3) is 0.0909. The summed E-state index contributed by atoms with van der Waals surface area (Å²) in [6.07, 6.45) is 1.44. The number of rotatable bonds is 2. The predicted octanol–water partition coefficient (Wildman–Crippen LogP) is 2.96. The second-order valence-electron chi connectivity index (χ2n) is 3.27. The van der Waals surface area contributed by atoms with Crippen LogP contribution in [0.3, 0.4) is 0 Å². The van der Waals surface area contributed by atoms with Gasteiger partial charge in [-0.1, -0.05) is 35.3 Å². The van der Waals surface area contributed by atoms with Crippen molar-refractivity contribution in [1.29, 1.82) is 0 Å². The number of hydrogen-bond donors (Lipinski definition) is 0. The molecule has 0 aliphatic rings. The number of nitrogens with zero attached hydrogens (tertiary/aromatic N) is 2. The van der Waals surface area contributed by atoms with E-state index in [-0.39, 0.29) is 5.78 Å². The monoisotopic (exact) mass is 254 g/mol. The number of hydrogen-bond acceptors (Lipinski definition) is 2. The van der Waals surface area contributed by atoms with Gasteiger partial charge >= 0.3 is 0 Å². The Labute approximate surface area is 103 Å². The van der Waals surface area contributed by atoms with Crippen molar-refractivity contribution in [3.8, 4) is 0 Å². The highest BCUT2D eigenvalue weighted by molar-refractivity contribution is 6.37. The van der Waals surface area contributed by atoms with E-state index in [1.807, 2.05) is 0 Å². The lowest BCUT2D eigenvalue weighted by atomic mass is 10.1. The Balaban J connectivity index is 2.52. The molecule has 1 aromatic carbocycles. The van der Waals surface area contributed by atoms with E-state index in [0.717, 1.165) is 0 Å². The molecule has 82 valence electrons. The van der Waals surface area contributed by atoms with Gasteiger partial charge in [0.2, 0.25) is 5.78 Å². The minimum absolute atomic E-state index is 0.226. The molecular formula is C11H8Cl2N2O. The summed E-state index contributed by atoms with van der Waals surface area (Å²) in [5.41, 5.74) is 0.768. The van der Waals surface area contributed by atoms with Crippen LogP contribution < -0.4 is 0 Å². The molecule has 1 aromatic heterocycles. The molecule has 0 aliphatic carbocycles. The van der Waals surface area contributed by atoms with Crippen molar-refractivity contribution in [3.63, 3.8) is 0 Å². The van der Waals surface area contributed by atoms with Gasteiger partial charge in [0.25, 0.3) is 0 Å². The number of ketones is 1. The topological polar surface area (TPSA) is 34.9 Å². The fourth-order valence-electron chi connectivity index (χ4n) is 1.44. The predicted molar refractivity (Wildman–Crippen MR) is 63.1 cm³/mol. The molecule has 0 bridgehead atoms. The van der Waals surface area contributed by atoms with Gasteiger partial charge in [0.1, 0.15) is 5.69 Å². The molecule has 0 unspecified atom stereocenters. The molecule has 0 amide bonds. The maximum absolute atomic E-state index is 12.1. The second kappa shape index (κ2) is 4.28. The van der Waals surface area contributed by atoms with Gasteiger partial charge < -0.3 is 0 Å². The van der Waals surface area contributed by atoms with Crippen LogP contribution in [0.25, 0.3) is 0 Å². The number of benzene rings is 1. The van der Waals surface area contributed by atoms with Crippen molar-refractivity contribution in [3.05, 3.63) is 51.8 Å². The average Bonchev–Trinajstić information content (AvgIpc) is 2.58. The summed E-state index contributed by atoms with van der Waals surface area (Å²) in [5, 5.41) is 4.65. The van der Waals surface area contributed by atoms with Gasteiger partial charge in [-0.3, -0.25) is 9.48 Å². The molecule has 0 saturated carbocycles. The second-order valence-corrected chi connectivity index (χ2v) is 4.09. The summed E-state index contributed by atoms with van der Waals surface area (Å²) in [4.78, 5) is 12.1. The molecular weight excluding hydrogens is 247 g/mol. The van der Waals surface area contributed by atoms with Gasteiger partial charge in [-0.05, 0) is 12.1 Å². The van der Waals surface area contributed by atoms with Crippen LogP contribution in [0.15, 0.2) is 30.5 Å². The van der Waals surface area contributed by atoms with Gasteiger partial charge in [-0.2, -0.15) is 5.10 Å². The van der Waals surface area contributed by atoms with Crippen LogP contribution in [-0.2, 0) is 7.05 Å². The first kappa shape index (κ1) is 11.2. The molecule has 0 N–H and O–H groups in total. The zero-order chi connectivity index (χ0) is 11.7. The lowest BCUT2D eigenvalue weighted by Gasteiger charge is -2.04. The Hall–Kier alpha value is -1.32. The molecule has 16 heavy (non-hydrogen) atoms. The summed E-state index contributed by atoms with van der Waals surface area (Å²) in [6, 6.07) is 6.85. The van der Waals surface area contributed by atoms with Gasteiger partial charge in [-0.15, -0.1) is 0 Å². The third-order valence-electron chi connectivity index (χ3n) is 2.23. The molecule has 0 spiro atoms. The van der Waals surface area contributed by atoms with Crippen LogP contribution in [-0.4, -0.2) is 15.6 Å². The number of halogens is 2. The smallest absolute Gasteiger partial charge is 0.214 e. The Kier molecular flexibility index (Phi) is 2.99.